The molecule has 0 spiro atoms. The zero-order valence-corrected chi connectivity index (χ0v) is 41.3. The Morgan fingerprint density at radius 3 is 1.24 bits per heavy atom. The van der Waals surface area contributed by atoms with Gasteiger partial charge in [0.1, 0.15) is 22.3 Å². The van der Waals surface area contributed by atoms with E-state index >= 15 is 0 Å². The summed E-state index contributed by atoms with van der Waals surface area (Å²) < 4.78 is 15.5. The second kappa shape index (κ2) is 17.8. The van der Waals surface area contributed by atoms with Crippen LogP contribution in [0.5, 0.6) is 0 Å². The van der Waals surface area contributed by atoms with Gasteiger partial charge in [-0.15, -0.1) is 0 Å². The SMILES string of the molecule is c1ccc(-c2ccc(-c3ccc(-c4ccc5c6c(N(c7ccc(-c8cccc9c8oc8ccccc89)cc7)c7ccc(-c8cccc9c8oc8ccccc89)cc7)cccc6n(-c6ccccc6)c5c4)cc3)cc2)cc1. The molecule has 0 fully saturated rings. The summed E-state index contributed by atoms with van der Waals surface area (Å²) in [5, 5.41) is 6.80. The molecule has 356 valence electrons. The zero-order chi connectivity index (χ0) is 50.1. The van der Waals surface area contributed by atoms with Crippen molar-refractivity contribution in [2.24, 2.45) is 0 Å². The van der Waals surface area contributed by atoms with Crippen LogP contribution in [-0.2, 0) is 0 Å². The Balaban J connectivity index is 0.871. The lowest BCUT2D eigenvalue weighted by Crippen LogP contribution is -2.10. The topological polar surface area (TPSA) is 34.5 Å². The van der Waals surface area contributed by atoms with E-state index in [-0.39, 0.29) is 0 Å². The second-order valence-electron chi connectivity index (χ2n) is 19.6. The third-order valence-corrected chi connectivity index (χ3v) is 15.2. The fraction of sp³-hybridized carbons (Fsp3) is 0. The molecule has 0 saturated carbocycles. The number of hydrogen-bond acceptors (Lipinski definition) is 3. The van der Waals surface area contributed by atoms with Crippen molar-refractivity contribution in [1.29, 1.82) is 0 Å². The Kier molecular flexibility index (Phi) is 10.2. The van der Waals surface area contributed by atoms with Crippen LogP contribution in [-0.4, -0.2) is 4.57 Å². The molecule has 4 nitrogen and oxygen atoms in total. The molecule has 3 aromatic heterocycles. The van der Waals surface area contributed by atoms with Crippen molar-refractivity contribution in [3.05, 3.63) is 279 Å². The minimum absolute atomic E-state index is 0.890. The third kappa shape index (κ3) is 7.22. The van der Waals surface area contributed by atoms with Crippen molar-refractivity contribution >= 4 is 82.7 Å². The van der Waals surface area contributed by atoms with Gasteiger partial charge in [-0.2, -0.15) is 0 Å². The van der Waals surface area contributed by atoms with E-state index in [4.69, 9.17) is 8.83 Å². The van der Waals surface area contributed by atoms with Crippen LogP contribution in [0, 0.1) is 0 Å². The van der Waals surface area contributed by atoms with E-state index in [2.05, 4.69) is 264 Å². The maximum Gasteiger partial charge on any atom is 0.143 e. The molecule has 0 aliphatic heterocycles. The van der Waals surface area contributed by atoms with Gasteiger partial charge < -0.3 is 18.3 Å². The number of rotatable bonds is 9. The van der Waals surface area contributed by atoms with E-state index < -0.39 is 0 Å². The van der Waals surface area contributed by atoms with Crippen molar-refractivity contribution in [1.82, 2.24) is 4.57 Å². The Bertz CT molecular complexity index is 4490. The first kappa shape index (κ1) is 43.4. The normalized spacial score (nSPS) is 11.7. The first-order valence-corrected chi connectivity index (χ1v) is 25.9. The fourth-order valence-corrected chi connectivity index (χ4v) is 11.6. The van der Waals surface area contributed by atoms with Gasteiger partial charge in [-0.3, -0.25) is 0 Å². The summed E-state index contributed by atoms with van der Waals surface area (Å²) in [5.41, 5.74) is 21.5. The Hall–Kier alpha value is -10.2. The van der Waals surface area contributed by atoms with E-state index in [0.29, 0.717) is 0 Å². The largest absolute Gasteiger partial charge is 0.455 e. The minimum Gasteiger partial charge on any atom is -0.455 e. The number of nitrogens with zero attached hydrogens (tertiary/aromatic N) is 2. The van der Waals surface area contributed by atoms with Gasteiger partial charge >= 0.3 is 0 Å². The lowest BCUT2D eigenvalue weighted by atomic mass is 9.97. The molecule has 0 radical (unpaired) electrons. The molecule has 0 aliphatic rings. The standard InChI is InChI=1S/C72H46N2O2/c1-3-14-47(15-4-1)48-28-30-49(31-29-48)50-32-34-51(35-33-50)54-40-45-64-67(46-54)74(55-16-5-2-6-17-55)66-25-13-24-65(70(64)66)73(56-41-36-52(37-42-56)58-20-11-22-62-60-18-7-9-26-68(60)75-71(58)62)57-43-38-53(39-44-57)59-21-12-23-63-61-19-8-10-27-69(61)76-72(59)63/h1-46H. The lowest BCUT2D eigenvalue weighted by Gasteiger charge is -2.27. The fourth-order valence-electron chi connectivity index (χ4n) is 11.6. The Morgan fingerprint density at radius 2 is 0.697 bits per heavy atom. The number of anilines is 3. The quantitative estimate of drug-likeness (QED) is 0.145. The summed E-state index contributed by atoms with van der Waals surface area (Å²) >= 11 is 0. The van der Waals surface area contributed by atoms with Crippen molar-refractivity contribution < 1.29 is 8.83 Å². The first-order chi connectivity index (χ1) is 37.7. The molecule has 0 saturated heterocycles. The molecule has 0 unspecified atom stereocenters. The van der Waals surface area contributed by atoms with Gasteiger partial charge in [-0.1, -0.05) is 212 Å². The summed E-state index contributed by atoms with van der Waals surface area (Å²) in [5.74, 6) is 0. The van der Waals surface area contributed by atoms with Crippen LogP contribution < -0.4 is 4.90 Å². The number of hydrogen-bond donors (Lipinski definition) is 0. The second-order valence-corrected chi connectivity index (χ2v) is 19.6. The summed E-state index contributed by atoms with van der Waals surface area (Å²) in [6.07, 6.45) is 0. The van der Waals surface area contributed by atoms with Crippen molar-refractivity contribution in [3.63, 3.8) is 0 Å². The van der Waals surface area contributed by atoms with Crippen molar-refractivity contribution in [2.75, 3.05) is 4.90 Å². The molecule has 0 aliphatic carbocycles. The number of aromatic nitrogens is 1. The van der Waals surface area contributed by atoms with Gasteiger partial charge in [0.15, 0.2) is 0 Å². The number of benzene rings is 12. The molecular formula is C72H46N2O2. The molecule has 0 atom stereocenters. The van der Waals surface area contributed by atoms with E-state index in [1.54, 1.807) is 0 Å². The highest BCUT2D eigenvalue weighted by atomic mass is 16.3. The minimum atomic E-state index is 0.890. The first-order valence-electron chi connectivity index (χ1n) is 25.9. The molecule has 76 heavy (non-hydrogen) atoms. The smallest absolute Gasteiger partial charge is 0.143 e. The van der Waals surface area contributed by atoms with Gasteiger partial charge in [0.05, 0.1) is 16.7 Å². The molecule has 15 rings (SSSR count). The van der Waals surface area contributed by atoms with Crippen LogP contribution in [0.2, 0.25) is 0 Å². The van der Waals surface area contributed by atoms with E-state index in [1.165, 1.54) is 27.6 Å². The van der Waals surface area contributed by atoms with Crippen molar-refractivity contribution in [3.8, 4) is 61.3 Å². The van der Waals surface area contributed by atoms with Gasteiger partial charge in [-0.05, 0) is 111 Å². The van der Waals surface area contributed by atoms with Crippen LogP contribution >= 0.6 is 0 Å². The molecule has 15 aromatic rings. The van der Waals surface area contributed by atoms with Gasteiger partial charge in [0.25, 0.3) is 0 Å². The van der Waals surface area contributed by atoms with Crippen LogP contribution in [0.1, 0.15) is 0 Å². The van der Waals surface area contributed by atoms with E-state index in [9.17, 15) is 0 Å². The van der Waals surface area contributed by atoms with Gasteiger partial charge in [-0.25, -0.2) is 0 Å². The molecule has 0 N–H and O–H groups in total. The average Bonchev–Trinajstić information content (AvgIpc) is 4.20. The number of fused-ring (bicyclic) bond motifs is 9. The van der Waals surface area contributed by atoms with Gasteiger partial charge in [0, 0.05) is 60.5 Å². The summed E-state index contributed by atoms with van der Waals surface area (Å²) in [7, 11) is 0. The summed E-state index contributed by atoms with van der Waals surface area (Å²) in [6.45, 7) is 0. The van der Waals surface area contributed by atoms with Crippen LogP contribution in [0.25, 0.3) is 127 Å². The molecule has 12 aromatic carbocycles. The van der Waals surface area contributed by atoms with Gasteiger partial charge in [0.2, 0.25) is 0 Å². The van der Waals surface area contributed by atoms with Crippen LogP contribution in [0.4, 0.5) is 17.1 Å². The van der Waals surface area contributed by atoms with Crippen LogP contribution in [0.15, 0.2) is 288 Å². The molecule has 4 heteroatoms. The highest BCUT2D eigenvalue weighted by molar-refractivity contribution is 6.17. The summed E-state index contributed by atoms with van der Waals surface area (Å²) in [4.78, 5) is 2.41. The van der Waals surface area contributed by atoms with E-state index in [1.807, 2.05) is 24.3 Å². The highest BCUT2D eigenvalue weighted by Gasteiger charge is 2.23. The Labute approximate surface area is 439 Å². The molecule has 0 bridgehead atoms. The molecular weight excluding hydrogens is 925 g/mol. The zero-order valence-electron chi connectivity index (χ0n) is 41.3. The molecule has 0 amide bonds. The maximum absolute atomic E-state index is 6.53. The van der Waals surface area contributed by atoms with Crippen LogP contribution in [0.3, 0.4) is 0 Å². The lowest BCUT2D eigenvalue weighted by molar-refractivity contribution is 0.669. The van der Waals surface area contributed by atoms with E-state index in [0.717, 1.165) is 116 Å². The number of para-hydroxylation sites is 5. The highest BCUT2D eigenvalue weighted by Crippen LogP contribution is 2.46. The average molecular weight is 971 g/mol. The summed E-state index contributed by atoms with van der Waals surface area (Å²) in [6, 6.07) is 100. The molecule has 3 heterocycles. The predicted octanol–water partition coefficient (Wildman–Crippen LogP) is 20.4. The maximum atomic E-state index is 6.53. The van der Waals surface area contributed by atoms with Crippen molar-refractivity contribution in [2.45, 2.75) is 0 Å². The number of furan rings is 2. The third-order valence-electron chi connectivity index (χ3n) is 15.2. The monoisotopic (exact) mass is 970 g/mol. The predicted molar refractivity (Wildman–Crippen MR) is 317 cm³/mol. The Morgan fingerprint density at radius 1 is 0.276 bits per heavy atom.